The van der Waals surface area contributed by atoms with Gasteiger partial charge in [0.2, 0.25) is 0 Å². The Morgan fingerprint density at radius 3 is 2.14 bits per heavy atom. The molecule has 128 valence electrons. The molecule has 22 heavy (non-hydrogen) atoms. The third kappa shape index (κ3) is 8.57. The van der Waals surface area contributed by atoms with Gasteiger partial charge in [0.05, 0.1) is 6.10 Å². The number of alkyl halides is 1. The van der Waals surface area contributed by atoms with Gasteiger partial charge in [-0.2, -0.15) is 0 Å². The van der Waals surface area contributed by atoms with Gasteiger partial charge in [0.25, 0.3) is 0 Å². The summed E-state index contributed by atoms with van der Waals surface area (Å²) in [5.41, 5.74) is 4.69. The molecule has 0 bridgehead atoms. The second-order valence-electron chi connectivity index (χ2n) is 8.56. The molecule has 0 fully saturated rings. The predicted octanol–water partition coefficient (Wildman–Crippen LogP) is 6.22. The SMILES string of the molecule is C/C(=C\CCl)[C@H](CCC#C[Si](C)(C)C)O[Si](C)(C)C(C)(C)C. The van der Waals surface area contributed by atoms with Crippen LogP contribution in [0.2, 0.25) is 37.8 Å². The molecule has 4 heteroatoms. The molecule has 0 rings (SSSR count). The molecule has 0 radical (unpaired) electrons. The fourth-order valence-electron chi connectivity index (χ4n) is 1.70. The minimum atomic E-state index is -1.78. The molecule has 0 unspecified atom stereocenters. The molecule has 0 heterocycles. The van der Waals surface area contributed by atoms with E-state index >= 15 is 0 Å². The Balaban J connectivity index is 5.00. The third-order valence-corrected chi connectivity index (χ3v) is 9.71. The zero-order valence-electron chi connectivity index (χ0n) is 16.1. The summed E-state index contributed by atoms with van der Waals surface area (Å²) in [5, 5.41) is 0.219. The maximum Gasteiger partial charge on any atom is 0.192 e. The molecule has 1 atom stereocenters. The van der Waals surface area contributed by atoms with Crippen molar-refractivity contribution in [3.05, 3.63) is 11.6 Å². The van der Waals surface area contributed by atoms with E-state index in [4.69, 9.17) is 16.0 Å². The molecule has 0 N–H and O–H groups in total. The molecule has 0 aliphatic heterocycles. The zero-order chi connectivity index (χ0) is 17.6. The van der Waals surface area contributed by atoms with Gasteiger partial charge in [-0.3, -0.25) is 0 Å². The van der Waals surface area contributed by atoms with Gasteiger partial charge in [-0.25, -0.2) is 0 Å². The van der Waals surface area contributed by atoms with Gasteiger partial charge < -0.3 is 4.43 Å². The number of allylic oxidation sites excluding steroid dienone is 1. The monoisotopic (exact) mass is 358 g/mol. The van der Waals surface area contributed by atoms with E-state index in [1.807, 2.05) is 0 Å². The summed E-state index contributed by atoms with van der Waals surface area (Å²) < 4.78 is 6.60. The van der Waals surface area contributed by atoms with E-state index in [9.17, 15) is 0 Å². The van der Waals surface area contributed by atoms with Crippen LogP contribution in [0.3, 0.4) is 0 Å². The summed E-state index contributed by atoms with van der Waals surface area (Å²) in [5.74, 6) is 3.91. The number of halogens is 1. The molecule has 0 aliphatic rings. The lowest BCUT2D eigenvalue weighted by Crippen LogP contribution is -2.44. The van der Waals surface area contributed by atoms with Gasteiger partial charge in [-0.1, -0.05) is 46.5 Å². The minimum Gasteiger partial charge on any atom is -0.410 e. The van der Waals surface area contributed by atoms with Crippen LogP contribution >= 0.6 is 11.6 Å². The summed E-state index contributed by atoms with van der Waals surface area (Å²) in [6.45, 7) is 20.4. The summed E-state index contributed by atoms with van der Waals surface area (Å²) in [7, 11) is -3.06. The van der Waals surface area contributed by atoms with E-state index in [0.717, 1.165) is 12.8 Å². The first-order chi connectivity index (χ1) is 9.80. The largest absolute Gasteiger partial charge is 0.410 e. The van der Waals surface area contributed by atoms with Crippen molar-refractivity contribution < 1.29 is 4.43 Å². The average molecular weight is 359 g/mol. The van der Waals surface area contributed by atoms with Crippen molar-refractivity contribution in [2.75, 3.05) is 5.88 Å². The lowest BCUT2D eigenvalue weighted by atomic mass is 10.1. The summed E-state index contributed by atoms with van der Waals surface area (Å²) in [6.07, 6.45) is 4.08. The van der Waals surface area contributed by atoms with Crippen LogP contribution in [0.5, 0.6) is 0 Å². The van der Waals surface area contributed by atoms with Crippen molar-refractivity contribution in [1.29, 1.82) is 0 Å². The highest BCUT2D eigenvalue weighted by atomic mass is 35.5. The Labute approximate surface area is 146 Å². The van der Waals surface area contributed by atoms with Crippen molar-refractivity contribution in [2.45, 2.75) is 84.4 Å². The van der Waals surface area contributed by atoms with Gasteiger partial charge in [0.1, 0.15) is 8.07 Å². The van der Waals surface area contributed by atoms with E-state index in [1.165, 1.54) is 5.57 Å². The lowest BCUT2D eigenvalue weighted by Gasteiger charge is -2.39. The standard InChI is InChI=1S/C18H35ClOSi2/c1-16(13-14-19)17(12-10-11-15-21(5,6)7)20-22(8,9)18(2,3)4/h13,17H,10,12,14H2,1-9H3/b16-13+/t17-/m0/s1. The lowest BCUT2D eigenvalue weighted by molar-refractivity contribution is 0.205. The van der Waals surface area contributed by atoms with Crippen molar-refractivity contribution in [2.24, 2.45) is 0 Å². The molecule has 0 amide bonds. The Morgan fingerprint density at radius 1 is 1.18 bits per heavy atom. The molecule has 0 aromatic carbocycles. The minimum absolute atomic E-state index is 0.149. The van der Waals surface area contributed by atoms with Gasteiger partial charge >= 0.3 is 0 Å². The van der Waals surface area contributed by atoms with Crippen LogP contribution < -0.4 is 0 Å². The van der Waals surface area contributed by atoms with Gasteiger partial charge in [0.15, 0.2) is 8.32 Å². The summed E-state index contributed by atoms with van der Waals surface area (Å²) >= 11 is 5.88. The van der Waals surface area contributed by atoms with Crippen molar-refractivity contribution >= 4 is 28.0 Å². The van der Waals surface area contributed by atoms with Crippen molar-refractivity contribution in [3.63, 3.8) is 0 Å². The maximum absolute atomic E-state index is 6.60. The van der Waals surface area contributed by atoms with Gasteiger partial charge in [-0.15, -0.1) is 23.1 Å². The predicted molar refractivity (Wildman–Crippen MR) is 107 cm³/mol. The van der Waals surface area contributed by atoms with Gasteiger partial charge in [0, 0.05) is 12.3 Å². The summed E-state index contributed by atoms with van der Waals surface area (Å²) in [4.78, 5) is 0. The van der Waals surface area contributed by atoms with Gasteiger partial charge in [-0.05, 0) is 37.0 Å². The fourth-order valence-corrected chi connectivity index (χ4v) is 3.96. The molecule has 1 nitrogen and oxygen atoms in total. The molecule has 0 aromatic heterocycles. The molecular weight excluding hydrogens is 324 g/mol. The summed E-state index contributed by atoms with van der Waals surface area (Å²) in [6, 6.07) is 0. The second kappa shape index (κ2) is 8.73. The second-order valence-corrected chi connectivity index (χ2v) is 18.4. The first kappa shape index (κ1) is 22.0. The van der Waals surface area contributed by atoms with Crippen molar-refractivity contribution in [3.8, 4) is 11.5 Å². The number of hydrogen-bond acceptors (Lipinski definition) is 1. The first-order valence-corrected chi connectivity index (χ1v) is 15.1. The van der Waals surface area contributed by atoms with Crippen LogP contribution in [-0.4, -0.2) is 28.4 Å². The van der Waals surface area contributed by atoms with Crippen LogP contribution in [0.15, 0.2) is 11.6 Å². The highest BCUT2D eigenvalue weighted by Gasteiger charge is 2.39. The van der Waals surface area contributed by atoms with E-state index < -0.39 is 16.4 Å². The van der Waals surface area contributed by atoms with E-state index in [-0.39, 0.29) is 11.1 Å². The van der Waals surface area contributed by atoms with E-state index in [2.05, 4.69) is 78.0 Å². The molecule has 0 aliphatic carbocycles. The molecular formula is C18H35ClOSi2. The van der Waals surface area contributed by atoms with Crippen LogP contribution in [0, 0.1) is 11.5 Å². The topological polar surface area (TPSA) is 9.23 Å². The molecule has 0 saturated carbocycles. The van der Waals surface area contributed by atoms with E-state index in [1.54, 1.807) is 0 Å². The number of rotatable bonds is 6. The highest BCUT2D eigenvalue weighted by Crippen LogP contribution is 2.38. The van der Waals surface area contributed by atoms with Crippen LogP contribution in [0.4, 0.5) is 0 Å². The Kier molecular flexibility index (Phi) is 8.72. The Morgan fingerprint density at radius 2 is 1.73 bits per heavy atom. The molecule has 0 saturated heterocycles. The quantitative estimate of drug-likeness (QED) is 0.237. The molecule has 0 spiro atoms. The highest BCUT2D eigenvalue weighted by molar-refractivity contribution is 6.83. The third-order valence-electron chi connectivity index (χ3n) is 4.14. The van der Waals surface area contributed by atoms with Crippen LogP contribution in [0.1, 0.15) is 40.5 Å². The normalized spacial score (nSPS) is 15.3. The molecule has 0 aromatic rings. The number of hydrogen-bond donors (Lipinski definition) is 0. The van der Waals surface area contributed by atoms with Crippen molar-refractivity contribution in [1.82, 2.24) is 0 Å². The average Bonchev–Trinajstić information content (AvgIpc) is 2.30. The fraction of sp³-hybridized carbons (Fsp3) is 0.778. The zero-order valence-corrected chi connectivity index (χ0v) is 18.8. The first-order valence-electron chi connectivity index (χ1n) is 8.20. The smallest absolute Gasteiger partial charge is 0.192 e. The van der Waals surface area contributed by atoms with E-state index in [0.29, 0.717) is 5.88 Å². The van der Waals surface area contributed by atoms with Crippen LogP contribution in [0.25, 0.3) is 0 Å². The Hall–Kier alpha value is -0.0162. The van der Waals surface area contributed by atoms with Crippen LogP contribution in [-0.2, 0) is 4.43 Å². The maximum atomic E-state index is 6.60. The Bertz CT molecular complexity index is 431.